The first-order valence-electron chi connectivity index (χ1n) is 8.84. The van der Waals surface area contributed by atoms with Crippen LogP contribution in [-0.2, 0) is 6.54 Å². The van der Waals surface area contributed by atoms with Crippen LogP contribution in [0.3, 0.4) is 0 Å². The molecular weight excluding hydrogens is 341 g/mol. The number of hydrogen-bond donors (Lipinski definition) is 0. The number of alkyl halides is 2. The lowest BCUT2D eigenvalue weighted by Gasteiger charge is -2.46. The molecule has 26 heavy (non-hydrogen) atoms. The summed E-state index contributed by atoms with van der Waals surface area (Å²) in [5.74, 6) is -2.49. The lowest BCUT2D eigenvalue weighted by Crippen LogP contribution is -2.56. The highest BCUT2D eigenvalue weighted by atomic mass is 19.3. The van der Waals surface area contributed by atoms with Crippen molar-refractivity contribution in [3.8, 4) is 0 Å². The number of hydrogen-bond acceptors (Lipinski definition) is 4. The molecule has 0 radical (unpaired) electrons. The summed E-state index contributed by atoms with van der Waals surface area (Å²) in [6, 6.07) is 7.97. The van der Waals surface area contributed by atoms with Gasteiger partial charge in [-0.2, -0.15) is 0 Å². The molecule has 2 aliphatic heterocycles. The molecule has 0 aliphatic carbocycles. The zero-order valence-corrected chi connectivity index (χ0v) is 14.4. The Hall–Kier alpha value is -2.15. The SMILES string of the molecule is Fc1ccc(CN2CCC(F)(F)[C@@]3(CCN(c4ncccn4)C3)C2)cc1. The van der Waals surface area contributed by atoms with Gasteiger partial charge in [0.2, 0.25) is 5.95 Å². The Morgan fingerprint density at radius 1 is 0.962 bits per heavy atom. The van der Waals surface area contributed by atoms with Crippen molar-refractivity contribution < 1.29 is 13.2 Å². The van der Waals surface area contributed by atoms with Gasteiger partial charge in [-0.05, 0) is 30.2 Å². The standard InChI is InChI=1S/C19H21F3N4/c20-16-4-2-15(3-5-16)12-25-10-7-19(21,22)18(13-25)6-11-26(14-18)17-23-8-1-9-24-17/h1-5,8-9H,6-7,10-14H2/t18-/m0/s1. The summed E-state index contributed by atoms with van der Waals surface area (Å²) in [7, 11) is 0. The van der Waals surface area contributed by atoms with Gasteiger partial charge < -0.3 is 4.90 Å². The third-order valence-electron chi connectivity index (χ3n) is 5.55. The second kappa shape index (κ2) is 6.54. The number of anilines is 1. The zero-order valence-electron chi connectivity index (χ0n) is 14.4. The summed E-state index contributed by atoms with van der Waals surface area (Å²) in [6.07, 6.45) is 3.52. The van der Waals surface area contributed by atoms with Crippen LogP contribution in [0, 0.1) is 11.2 Å². The third-order valence-corrected chi connectivity index (χ3v) is 5.55. The molecule has 0 saturated carbocycles. The molecule has 0 bridgehead atoms. The largest absolute Gasteiger partial charge is 0.340 e. The van der Waals surface area contributed by atoms with E-state index >= 15 is 0 Å². The van der Waals surface area contributed by atoms with Crippen LogP contribution in [0.2, 0.25) is 0 Å². The van der Waals surface area contributed by atoms with Crippen LogP contribution in [0.4, 0.5) is 19.1 Å². The van der Waals surface area contributed by atoms with Gasteiger partial charge in [-0.1, -0.05) is 12.1 Å². The number of piperidine rings is 1. The fraction of sp³-hybridized carbons (Fsp3) is 0.474. The molecule has 2 saturated heterocycles. The lowest BCUT2D eigenvalue weighted by atomic mass is 9.75. The maximum Gasteiger partial charge on any atom is 0.257 e. The lowest BCUT2D eigenvalue weighted by molar-refractivity contribution is -0.158. The molecule has 2 fully saturated rings. The van der Waals surface area contributed by atoms with E-state index in [1.54, 1.807) is 30.6 Å². The number of likely N-dealkylation sites (tertiary alicyclic amines) is 1. The first-order valence-corrected chi connectivity index (χ1v) is 8.84. The van der Waals surface area contributed by atoms with Gasteiger partial charge in [0.25, 0.3) is 5.92 Å². The van der Waals surface area contributed by atoms with Gasteiger partial charge >= 0.3 is 0 Å². The summed E-state index contributed by atoms with van der Waals surface area (Å²) in [5, 5.41) is 0. The molecule has 2 aromatic rings. The summed E-state index contributed by atoms with van der Waals surface area (Å²) < 4.78 is 42.8. The number of aromatic nitrogens is 2. The minimum Gasteiger partial charge on any atom is -0.340 e. The van der Waals surface area contributed by atoms with Crippen LogP contribution in [0.15, 0.2) is 42.7 Å². The summed E-state index contributed by atoms with van der Waals surface area (Å²) in [4.78, 5) is 12.3. The molecule has 4 nitrogen and oxygen atoms in total. The van der Waals surface area contributed by atoms with Crippen LogP contribution in [-0.4, -0.2) is 47.0 Å². The Morgan fingerprint density at radius 2 is 1.69 bits per heavy atom. The van der Waals surface area contributed by atoms with E-state index in [1.165, 1.54) is 12.1 Å². The quantitative estimate of drug-likeness (QED) is 0.838. The Labute approximate surface area is 150 Å². The molecule has 138 valence electrons. The van der Waals surface area contributed by atoms with Crippen molar-refractivity contribution in [3.05, 3.63) is 54.1 Å². The highest BCUT2D eigenvalue weighted by molar-refractivity contribution is 5.33. The van der Waals surface area contributed by atoms with Crippen LogP contribution in [0.1, 0.15) is 18.4 Å². The van der Waals surface area contributed by atoms with Gasteiger partial charge in [-0.25, -0.2) is 23.1 Å². The van der Waals surface area contributed by atoms with Crippen molar-refractivity contribution >= 4 is 5.95 Å². The average molecular weight is 362 g/mol. The molecule has 0 unspecified atom stereocenters. The van der Waals surface area contributed by atoms with E-state index in [4.69, 9.17) is 0 Å². The average Bonchev–Trinajstić information content (AvgIpc) is 3.07. The van der Waals surface area contributed by atoms with Crippen LogP contribution >= 0.6 is 0 Å². The van der Waals surface area contributed by atoms with E-state index < -0.39 is 11.3 Å². The molecule has 1 atom stereocenters. The summed E-state index contributed by atoms with van der Waals surface area (Å²) in [6.45, 7) is 2.00. The van der Waals surface area contributed by atoms with Crippen molar-refractivity contribution in [1.82, 2.24) is 14.9 Å². The second-order valence-electron chi connectivity index (χ2n) is 7.29. The first-order chi connectivity index (χ1) is 12.5. The highest BCUT2D eigenvalue weighted by Crippen LogP contribution is 2.50. The van der Waals surface area contributed by atoms with E-state index in [1.807, 2.05) is 4.90 Å². The number of benzene rings is 1. The van der Waals surface area contributed by atoms with Gasteiger partial charge in [0.1, 0.15) is 5.82 Å². The molecule has 1 aromatic heterocycles. The van der Waals surface area contributed by atoms with E-state index in [0.717, 1.165) is 5.56 Å². The minimum atomic E-state index is -2.71. The molecular formula is C19H21F3N4. The fourth-order valence-electron chi connectivity index (χ4n) is 4.09. The van der Waals surface area contributed by atoms with Crippen molar-refractivity contribution in [2.75, 3.05) is 31.1 Å². The topological polar surface area (TPSA) is 32.3 Å². The number of nitrogens with zero attached hydrogens (tertiary/aromatic N) is 4. The molecule has 0 amide bonds. The zero-order chi connectivity index (χ0) is 18.2. The minimum absolute atomic E-state index is 0.155. The molecule has 7 heteroatoms. The fourth-order valence-corrected chi connectivity index (χ4v) is 4.09. The monoisotopic (exact) mass is 362 g/mol. The van der Waals surface area contributed by atoms with Crippen LogP contribution < -0.4 is 4.90 Å². The van der Waals surface area contributed by atoms with Gasteiger partial charge in [0, 0.05) is 51.5 Å². The van der Waals surface area contributed by atoms with E-state index in [0.29, 0.717) is 38.5 Å². The first kappa shape index (κ1) is 17.3. The van der Waals surface area contributed by atoms with Gasteiger partial charge in [-0.15, -0.1) is 0 Å². The van der Waals surface area contributed by atoms with Crippen molar-refractivity contribution in [3.63, 3.8) is 0 Å². The Morgan fingerprint density at radius 3 is 2.42 bits per heavy atom. The highest BCUT2D eigenvalue weighted by Gasteiger charge is 2.59. The molecule has 3 heterocycles. The normalized spacial score (nSPS) is 25.7. The maximum atomic E-state index is 14.9. The summed E-state index contributed by atoms with van der Waals surface area (Å²) in [5.41, 5.74) is -0.155. The maximum absolute atomic E-state index is 14.9. The van der Waals surface area contributed by atoms with Crippen LogP contribution in [0.5, 0.6) is 0 Å². The number of halogens is 3. The third kappa shape index (κ3) is 3.16. The van der Waals surface area contributed by atoms with E-state index in [9.17, 15) is 13.2 Å². The predicted molar refractivity (Wildman–Crippen MR) is 92.5 cm³/mol. The smallest absolute Gasteiger partial charge is 0.257 e. The molecule has 0 N–H and O–H groups in total. The summed E-state index contributed by atoms with van der Waals surface area (Å²) >= 11 is 0. The Balaban J connectivity index is 1.51. The van der Waals surface area contributed by atoms with E-state index in [2.05, 4.69) is 14.9 Å². The van der Waals surface area contributed by atoms with Gasteiger partial charge in [0.15, 0.2) is 0 Å². The van der Waals surface area contributed by atoms with Gasteiger partial charge in [-0.3, -0.25) is 4.90 Å². The molecule has 2 aliphatic rings. The number of rotatable bonds is 3. The molecule has 4 rings (SSSR count). The van der Waals surface area contributed by atoms with Crippen molar-refractivity contribution in [1.29, 1.82) is 0 Å². The van der Waals surface area contributed by atoms with E-state index in [-0.39, 0.29) is 18.8 Å². The Bertz CT molecular complexity index is 753. The molecule has 1 spiro atoms. The van der Waals surface area contributed by atoms with Crippen molar-refractivity contribution in [2.45, 2.75) is 25.3 Å². The second-order valence-corrected chi connectivity index (χ2v) is 7.29. The van der Waals surface area contributed by atoms with Crippen LogP contribution in [0.25, 0.3) is 0 Å². The Kier molecular flexibility index (Phi) is 4.34. The van der Waals surface area contributed by atoms with Gasteiger partial charge in [0.05, 0.1) is 5.41 Å². The van der Waals surface area contributed by atoms with Crippen molar-refractivity contribution in [2.24, 2.45) is 5.41 Å². The predicted octanol–water partition coefficient (Wildman–Crippen LogP) is 3.35. The molecule has 1 aromatic carbocycles.